The Morgan fingerprint density at radius 3 is 1.55 bits per heavy atom. The van der Waals surface area contributed by atoms with Gasteiger partial charge in [0.25, 0.3) is 0 Å². The fourth-order valence-electron chi connectivity index (χ4n) is 3.82. The van der Waals surface area contributed by atoms with Crippen molar-refractivity contribution in [2.75, 3.05) is 7.11 Å². The highest BCUT2D eigenvalue weighted by Crippen LogP contribution is 2.58. The van der Waals surface area contributed by atoms with Gasteiger partial charge in [-0.25, -0.2) is 0 Å². The van der Waals surface area contributed by atoms with E-state index in [0.717, 1.165) is 11.0 Å². The number of benzene rings is 3. The highest BCUT2D eigenvalue weighted by molar-refractivity contribution is 7.95. The number of rotatable bonds is 7. The Bertz CT molecular complexity index is 1000. The van der Waals surface area contributed by atoms with Gasteiger partial charge in [0.2, 0.25) is 0 Å². The fraction of sp³-hybridized carbons (Fsp3) is 0.115. The number of methoxy groups -OCH3 is 1. The largest absolute Gasteiger partial charge is 1.00 e. The van der Waals surface area contributed by atoms with Crippen molar-refractivity contribution < 1.29 is 21.9 Å². The maximum Gasteiger partial charge on any atom is 0.310 e. The van der Waals surface area contributed by atoms with Crippen molar-refractivity contribution in [2.45, 2.75) is 12.6 Å². The molecule has 4 rings (SSSR count). The third-order valence-corrected chi connectivity index (χ3v) is 10.9. The standard InChI is InChI=1S/C26H24O2PS.ClH/c1-28-26(27)19-24-17-18-25(30-24)20-29(21-11-5-2-6-12-21,22-13-7-3-8-14-22)23-15-9-4-10-16-23;/h2-18H,19-20H2,1H3;1H/q+1;/p-1. The molecule has 3 aromatic carbocycles. The molecule has 0 spiro atoms. The van der Waals surface area contributed by atoms with Crippen molar-refractivity contribution in [2.24, 2.45) is 0 Å². The van der Waals surface area contributed by atoms with Crippen LogP contribution in [0.3, 0.4) is 0 Å². The van der Waals surface area contributed by atoms with Crippen molar-refractivity contribution in [3.63, 3.8) is 0 Å². The zero-order valence-electron chi connectivity index (χ0n) is 17.3. The molecule has 0 aliphatic heterocycles. The van der Waals surface area contributed by atoms with Gasteiger partial charge in [-0.2, -0.15) is 0 Å². The molecule has 1 aromatic heterocycles. The molecule has 0 aliphatic rings. The van der Waals surface area contributed by atoms with Gasteiger partial charge in [0.05, 0.1) is 13.5 Å². The minimum atomic E-state index is -1.91. The van der Waals surface area contributed by atoms with Gasteiger partial charge in [0.15, 0.2) is 0 Å². The Morgan fingerprint density at radius 2 is 1.13 bits per heavy atom. The normalized spacial score (nSPS) is 10.9. The van der Waals surface area contributed by atoms with E-state index in [9.17, 15) is 4.79 Å². The second kappa shape index (κ2) is 10.7. The number of halogens is 1. The summed E-state index contributed by atoms with van der Waals surface area (Å²) < 4.78 is 4.85. The second-order valence-corrected chi connectivity index (χ2v) is 11.8. The predicted octanol–water partition coefficient (Wildman–Crippen LogP) is 1.96. The third kappa shape index (κ3) is 5.07. The zero-order valence-corrected chi connectivity index (χ0v) is 19.7. The van der Waals surface area contributed by atoms with Crippen LogP contribution < -0.4 is 28.3 Å². The van der Waals surface area contributed by atoms with Crippen molar-refractivity contribution >= 4 is 40.5 Å². The maximum absolute atomic E-state index is 11.7. The van der Waals surface area contributed by atoms with Crippen LogP contribution in [-0.2, 0) is 22.1 Å². The monoisotopic (exact) mass is 466 g/mol. The molecule has 1 heterocycles. The van der Waals surface area contributed by atoms with Gasteiger partial charge in [-0.05, 0) is 48.5 Å². The summed E-state index contributed by atoms with van der Waals surface area (Å²) in [5.41, 5.74) is 0. The maximum atomic E-state index is 11.7. The highest BCUT2D eigenvalue weighted by Gasteiger charge is 2.45. The summed E-state index contributed by atoms with van der Waals surface area (Å²) in [6.45, 7) is 0. The van der Waals surface area contributed by atoms with Crippen LogP contribution in [0.4, 0.5) is 0 Å². The van der Waals surface area contributed by atoms with Gasteiger partial charge in [-0.3, -0.25) is 4.79 Å². The summed E-state index contributed by atoms with van der Waals surface area (Å²) >= 11 is 1.71. The van der Waals surface area contributed by atoms with E-state index in [0.29, 0.717) is 6.42 Å². The molecule has 31 heavy (non-hydrogen) atoms. The first-order valence-corrected chi connectivity index (χ1v) is 12.7. The van der Waals surface area contributed by atoms with Crippen molar-refractivity contribution in [3.05, 3.63) is 113 Å². The van der Waals surface area contributed by atoms with Crippen LogP contribution in [-0.4, -0.2) is 13.1 Å². The lowest BCUT2D eigenvalue weighted by Crippen LogP contribution is -3.00. The Labute approximate surface area is 194 Å². The molecule has 158 valence electrons. The van der Waals surface area contributed by atoms with Gasteiger partial charge in [0, 0.05) is 9.75 Å². The van der Waals surface area contributed by atoms with E-state index in [1.165, 1.54) is 27.9 Å². The lowest BCUT2D eigenvalue weighted by molar-refractivity contribution is -0.139. The summed E-state index contributed by atoms with van der Waals surface area (Å²) in [5, 5.41) is 4.10. The average molecular weight is 467 g/mol. The van der Waals surface area contributed by atoms with E-state index in [1.54, 1.807) is 11.3 Å². The Kier molecular flexibility index (Phi) is 8.03. The minimum absolute atomic E-state index is 0. The molecule has 4 aromatic rings. The van der Waals surface area contributed by atoms with Crippen LogP contribution >= 0.6 is 18.6 Å². The van der Waals surface area contributed by atoms with Crippen molar-refractivity contribution in [1.29, 1.82) is 0 Å². The molecule has 0 amide bonds. The van der Waals surface area contributed by atoms with Gasteiger partial charge in [0.1, 0.15) is 29.3 Å². The average Bonchev–Trinajstić information content (AvgIpc) is 3.25. The molecule has 0 saturated carbocycles. The fourth-order valence-corrected chi connectivity index (χ4v) is 9.52. The number of carbonyl (C=O) groups is 1. The molecule has 0 bridgehead atoms. The first-order chi connectivity index (χ1) is 14.7. The highest BCUT2D eigenvalue weighted by atomic mass is 35.5. The first kappa shape index (κ1) is 23.2. The van der Waals surface area contributed by atoms with Gasteiger partial charge >= 0.3 is 5.97 Å². The molecule has 0 unspecified atom stereocenters. The van der Waals surface area contributed by atoms with Crippen LogP contribution in [0.2, 0.25) is 0 Å². The van der Waals surface area contributed by atoms with E-state index in [1.807, 2.05) is 0 Å². The van der Waals surface area contributed by atoms with Gasteiger partial charge in [-0.1, -0.05) is 54.6 Å². The van der Waals surface area contributed by atoms with E-state index in [-0.39, 0.29) is 18.4 Å². The smallest absolute Gasteiger partial charge is 0.310 e. The van der Waals surface area contributed by atoms with Gasteiger partial charge < -0.3 is 17.1 Å². The third-order valence-electron chi connectivity index (χ3n) is 5.25. The first-order valence-electron chi connectivity index (χ1n) is 9.92. The molecule has 0 N–H and O–H groups in total. The molecule has 0 aliphatic carbocycles. The predicted molar refractivity (Wildman–Crippen MR) is 129 cm³/mol. The number of carbonyl (C=O) groups excluding carboxylic acids is 1. The number of hydrogen-bond donors (Lipinski definition) is 0. The van der Waals surface area contributed by atoms with Gasteiger partial charge in [-0.15, -0.1) is 11.3 Å². The molecular weight excluding hydrogens is 443 g/mol. The van der Waals surface area contributed by atoms with Crippen LogP contribution in [0, 0.1) is 0 Å². The summed E-state index contributed by atoms with van der Waals surface area (Å²) in [7, 11) is -0.471. The van der Waals surface area contributed by atoms with E-state index >= 15 is 0 Å². The number of hydrogen-bond acceptors (Lipinski definition) is 3. The summed E-state index contributed by atoms with van der Waals surface area (Å²) in [6.07, 6.45) is 1.26. The van der Waals surface area contributed by atoms with Crippen LogP contribution in [0.25, 0.3) is 0 Å². The lowest BCUT2D eigenvalue weighted by Gasteiger charge is -2.27. The summed E-state index contributed by atoms with van der Waals surface area (Å²) in [5.74, 6) is -0.196. The molecule has 0 fully saturated rings. The molecular formula is C26H24ClO2PS. The number of ether oxygens (including phenoxy) is 1. The lowest BCUT2D eigenvalue weighted by atomic mass is 10.3. The number of thiophene rings is 1. The van der Waals surface area contributed by atoms with Crippen LogP contribution in [0.5, 0.6) is 0 Å². The van der Waals surface area contributed by atoms with E-state index < -0.39 is 7.26 Å². The molecule has 2 nitrogen and oxygen atoms in total. The Balaban J connectivity index is 0.00000272. The van der Waals surface area contributed by atoms with Crippen LogP contribution in [0.15, 0.2) is 103 Å². The van der Waals surface area contributed by atoms with Crippen molar-refractivity contribution in [1.82, 2.24) is 0 Å². The second-order valence-electron chi connectivity index (χ2n) is 7.10. The minimum Gasteiger partial charge on any atom is -1.00 e. The molecule has 5 heteroatoms. The molecule has 0 atom stereocenters. The van der Waals surface area contributed by atoms with E-state index in [2.05, 4.69) is 103 Å². The Hall–Kier alpha value is -2.45. The molecule has 0 saturated heterocycles. The topological polar surface area (TPSA) is 26.3 Å². The van der Waals surface area contributed by atoms with E-state index in [4.69, 9.17) is 4.74 Å². The summed E-state index contributed by atoms with van der Waals surface area (Å²) in [4.78, 5) is 14.1. The molecule has 0 radical (unpaired) electrons. The van der Waals surface area contributed by atoms with Crippen molar-refractivity contribution in [3.8, 4) is 0 Å². The summed E-state index contributed by atoms with van der Waals surface area (Å²) in [6, 6.07) is 36.8. The zero-order chi connectivity index (χ0) is 20.8. The SMILES string of the molecule is COC(=O)Cc1ccc(C[P+](c2ccccc2)(c2ccccc2)c2ccccc2)s1.[Cl-]. The van der Waals surface area contributed by atoms with Crippen LogP contribution in [0.1, 0.15) is 9.75 Å². The number of esters is 1. The Morgan fingerprint density at radius 1 is 0.710 bits per heavy atom. The quantitative estimate of drug-likeness (QED) is 0.307.